The van der Waals surface area contributed by atoms with Gasteiger partial charge in [-0.05, 0) is 68.1 Å². The molecule has 3 N–H and O–H groups in total. The van der Waals surface area contributed by atoms with E-state index in [4.69, 9.17) is 0 Å². The number of aliphatic hydroxyl groups is 2. The first-order chi connectivity index (χ1) is 17.8. The van der Waals surface area contributed by atoms with Gasteiger partial charge in [-0.15, -0.1) is 8.78 Å². The predicted molar refractivity (Wildman–Crippen MR) is 128 cm³/mol. The Morgan fingerprint density at radius 1 is 1.11 bits per heavy atom. The molecule has 1 aliphatic carbocycles. The smallest absolute Gasteiger partial charge is 0.481 e. The molecule has 5 rings (SSSR count). The minimum absolute atomic E-state index is 0.0978. The lowest BCUT2D eigenvalue weighted by atomic mass is 9.87. The standard InChI is InChI=1S/C27H26F3NO7/c1-25(2,24(35)36)22-8-15-7-14(18(28)11-19(15)31(22)12-17(33)13-32)9-23(34)26(5-6-26)16-3-4-20-21(10-16)38-27(29,30)37-20/h3-4,7-8,10-11,17,32-33H,5-6,9,12-13H2,1-2H3,(H,35,36). The van der Waals surface area contributed by atoms with Crippen molar-refractivity contribution < 1.29 is 47.6 Å². The molecular formula is C27H26F3NO7. The molecule has 2 heterocycles. The summed E-state index contributed by atoms with van der Waals surface area (Å²) in [5.41, 5.74) is -1.15. The first kappa shape index (κ1) is 26.1. The van der Waals surface area contributed by atoms with Gasteiger partial charge in [-0.25, -0.2) is 4.39 Å². The first-order valence-electron chi connectivity index (χ1n) is 12.1. The van der Waals surface area contributed by atoms with Crippen LogP contribution < -0.4 is 9.47 Å². The molecule has 11 heteroatoms. The molecule has 38 heavy (non-hydrogen) atoms. The summed E-state index contributed by atoms with van der Waals surface area (Å²) in [6.07, 6.45) is -4.31. The lowest BCUT2D eigenvalue weighted by Gasteiger charge is -2.23. The number of fused-ring (bicyclic) bond motifs is 2. The summed E-state index contributed by atoms with van der Waals surface area (Å²) in [6.45, 7) is 2.23. The maximum atomic E-state index is 15.3. The monoisotopic (exact) mass is 533 g/mol. The van der Waals surface area contributed by atoms with Crippen molar-refractivity contribution in [1.29, 1.82) is 0 Å². The normalized spacial score (nSPS) is 18.0. The van der Waals surface area contributed by atoms with Crippen LogP contribution in [-0.4, -0.2) is 50.6 Å². The van der Waals surface area contributed by atoms with Gasteiger partial charge in [0.25, 0.3) is 0 Å². The number of alkyl halides is 2. The Hall–Kier alpha value is -3.57. The summed E-state index contributed by atoms with van der Waals surface area (Å²) >= 11 is 0. The van der Waals surface area contributed by atoms with Crippen LogP contribution in [0.4, 0.5) is 13.2 Å². The van der Waals surface area contributed by atoms with Gasteiger partial charge in [0.1, 0.15) is 17.0 Å². The number of hydrogen-bond acceptors (Lipinski definition) is 6. The summed E-state index contributed by atoms with van der Waals surface area (Å²) in [4.78, 5) is 25.3. The third-order valence-corrected chi connectivity index (χ3v) is 7.44. The van der Waals surface area contributed by atoms with Crippen molar-refractivity contribution in [3.8, 4) is 11.5 Å². The summed E-state index contributed by atoms with van der Waals surface area (Å²) in [5, 5.41) is 29.6. The van der Waals surface area contributed by atoms with Crippen molar-refractivity contribution in [3.05, 3.63) is 59.0 Å². The highest BCUT2D eigenvalue weighted by atomic mass is 19.3. The van der Waals surface area contributed by atoms with Gasteiger partial charge in [0.2, 0.25) is 0 Å². The number of carbonyl (C=O) groups excluding carboxylic acids is 1. The van der Waals surface area contributed by atoms with E-state index in [0.29, 0.717) is 35.0 Å². The van der Waals surface area contributed by atoms with Gasteiger partial charge in [-0.1, -0.05) is 6.07 Å². The van der Waals surface area contributed by atoms with Gasteiger partial charge in [-0.2, -0.15) is 0 Å². The van der Waals surface area contributed by atoms with Gasteiger partial charge in [-0.3, -0.25) is 9.59 Å². The van der Waals surface area contributed by atoms with Gasteiger partial charge < -0.3 is 29.4 Å². The highest BCUT2D eigenvalue weighted by molar-refractivity contribution is 5.96. The number of halogens is 3. The molecule has 2 aromatic carbocycles. The van der Waals surface area contributed by atoms with E-state index < -0.39 is 41.6 Å². The maximum Gasteiger partial charge on any atom is 0.586 e. The predicted octanol–water partition coefficient (Wildman–Crippen LogP) is 3.66. The van der Waals surface area contributed by atoms with Gasteiger partial charge in [0, 0.05) is 17.5 Å². The second-order valence-corrected chi connectivity index (χ2v) is 10.4. The highest BCUT2D eigenvalue weighted by Gasteiger charge is 2.52. The van der Waals surface area contributed by atoms with Crippen molar-refractivity contribution in [2.75, 3.05) is 6.61 Å². The van der Waals surface area contributed by atoms with Crippen LogP contribution in [0.1, 0.15) is 43.5 Å². The molecule has 1 saturated carbocycles. The Bertz CT molecular complexity index is 1460. The molecule has 3 aromatic rings. The molecular weight excluding hydrogens is 507 g/mol. The Morgan fingerprint density at radius 2 is 1.79 bits per heavy atom. The molecule has 1 unspecified atom stereocenters. The van der Waals surface area contributed by atoms with Crippen LogP contribution in [0.5, 0.6) is 11.5 Å². The Balaban J connectivity index is 1.48. The van der Waals surface area contributed by atoms with Crippen LogP contribution >= 0.6 is 0 Å². The third kappa shape index (κ3) is 4.29. The number of Topliss-reactive ketones (excluding diaryl/α,β-unsaturated/α-hetero) is 1. The van der Waals surface area contributed by atoms with E-state index in [1.165, 1.54) is 48.7 Å². The number of benzene rings is 2. The van der Waals surface area contributed by atoms with Gasteiger partial charge in [0.15, 0.2) is 11.5 Å². The van der Waals surface area contributed by atoms with Crippen LogP contribution in [0.3, 0.4) is 0 Å². The van der Waals surface area contributed by atoms with Crippen LogP contribution in [0.25, 0.3) is 10.9 Å². The Labute approximate surface area is 215 Å². The second-order valence-electron chi connectivity index (χ2n) is 10.4. The van der Waals surface area contributed by atoms with Gasteiger partial charge >= 0.3 is 12.3 Å². The summed E-state index contributed by atoms with van der Waals surface area (Å²) in [7, 11) is 0. The zero-order chi connectivity index (χ0) is 27.6. The Morgan fingerprint density at radius 3 is 2.42 bits per heavy atom. The number of carbonyl (C=O) groups is 2. The maximum absolute atomic E-state index is 15.3. The molecule has 0 bridgehead atoms. The number of hydrogen-bond donors (Lipinski definition) is 3. The molecule has 1 aromatic heterocycles. The quantitative estimate of drug-likeness (QED) is 0.384. The first-order valence-corrected chi connectivity index (χ1v) is 12.1. The molecule has 0 radical (unpaired) electrons. The number of carboxylic acid groups (broad SMARTS) is 1. The van der Waals surface area contributed by atoms with Crippen LogP contribution in [-0.2, 0) is 33.4 Å². The van der Waals surface area contributed by atoms with E-state index in [0.717, 1.165) is 0 Å². The Kier molecular flexibility index (Phi) is 5.99. The number of carboxylic acids is 1. The molecule has 202 valence electrons. The fourth-order valence-corrected chi connectivity index (χ4v) is 5.00. The molecule has 8 nitrogen and oxygen atoms in total. The lowest BCUT2D eigenvalue weighted by molar-refractivity contribution is -0.286. The highest BCUT2D eigenvalue weighted by Crippen LogP contribution is 2.52. The van der Waals surface area contributed by atoms with Crippen molar-refractivity contribution in [2.24, 2.45) is 0 Å². The fourth-order valence-electron chi connectivity index (χ4n) is 5.00. The largest absolute Gasteiger partial charge is 0.586 e. The SMILES string of the molecule is CC(C)(C(=O)O)c1cc2cc(CC(=O)C3(c4ccc5c(c4)OC(F)(F)O5)CC3)c(F)cc2n1CC(O)CO. The zero-order valence-electron chi connectivity index (χ0n) is 20.6. The minimum atomic E-state index is -3.78. The average molecular weight is 533 g/mol. The molecule has 0 spiro atoms. The van der Waals surface area contributed by atoms with E-state index in [1.807, 2.05) is 0 Å². The number of rotatable bonds is 9. The number of ketones is 1. The van der Waals surface area contributed by atoms with Crippen molar-refractivity contribution in [3.63, 3.8) is 0 Å². The fraction of sp³-hybridized carbons (Fsp3) is 0.407. The third-order valence-electron chi connectivity index (χ3n) is 7.44. The summed E-state index contributed by atoms with van der Waals surface area (Å²) in [6, 6.07) is 8.44. The molecule has 0 amide bonds. The lowest BCUT2D eigenvalue weighted by Crippen LogP contribution is -2.33. The van der Waals surface area contributed by atoms with E-state index in [1.54, 1.807) is 6.07 Å². The van der Waals surface area contributed by atoms with Crippen molar-refractivity contribution in [2.45, 2.75) is 62.9 Å². The van der Waals surface area contributed by atoms with E-state index in [9.17, 15) is 33.7 Å². The van der Waals surface area contributed by atoms with E-state index in [2.05, 4.69) is 9.47 Å². The summed E-state index contributed by atoms with van der Waals surface area (Å²) < 4.78 is 52.5. The summed E-state index contributed by atoms with van der Waals surface area (Å²) in [5.74, 6) is -2.41. The van der Waals surface area contributed by atoms with Gasteiger partial charge in [0.05, 0.1) is 30.2 Å². The van der Waals surface area contributed by atoms with Crippen LogP contribution in [0.2, 0.25) is 0 Å². The number of nitrogens with zero attached hydrogens (tertiary/aromatic N) is 1. The minimum Gasteiger partial charge on any atom is -0.481 e. The molecule has 1 atom stereocenters. The molecule has 2 aliphatic rings. The van der Waals surface area contributed by atoms with E-state index in [-0.39, 0.29) is 35.8 Å². The topological polar surface area (TPSA) is 118 Å². The number of aromatic nitrogens is 1. The van der Waals surface area contributed by atoms with Crippen LogP contribution in [0, 0.1) is 5.82 Å². The van der Waals surface area contributed by atoms with Crippen LogP contribution in [0.15, 0.2) is 36.4 Å². The van der Waals surface area contributed by atoms with Crippen molar-refractivity contribution in [1.82, 2.24) is 4.57 Å². The van der Waals surface area contributed by atoms with Crippen molar-refractivity contribution >= 4 is 22.7 Å². The second kappa shape index (κ2) is 8.74. The molecule has 1 aliphatic heterocycles. The molecule has 0 saturated heterocycles. The number of aliphatic hydroxyl groups excluding tert-OH is 2. The number of aliphatic carboxylic acids is 1. The average Bonchev–Trinajstić information content (AvgIpc) is 3.50. The van der Waals surface area contributed by atoms with E-state index >= 15 is 4.39 Å². The molecule has 1 fully saturated rings. The number of ether oxygens (including phenoxy) is 2. The zero-order valence-corrected chi connectivity index (χ0v) is 20.6.